The van der Waals surface area contributed by atoms with Crippen molar-refractivity contribution in [2.75, 3.05) is 0 Å². The minimum Gasteiger partial charge on any atom is -0.236 e. The summed E-state index contributed by atoms with van der Waals surface area (Å²) in [5, 5.41) is 4.50. The summed E-state index contributed by atoms with van der Waals surface area (Å²) >= 11 is 13.7. The van der Waals surface area contributed by atoms with Crippen LogP contribution in [0.2, 0.25) is 10.0 Å². The van der Waals surface area contributed by atoms with Gasteiger partial charge in [-0.25, -0.2) is 4.98 Å². The summed E-state index contributed by atoms with van der Waals surface area (Å²) in [5.41, 5.74) is 2.06. The maximum absolute atomic E-state index is 6.05. The molecule has 0 saturated carbocycles. The zero-order valence-corrected chi connectivity index (χ0v) is 14.3. The number of benzene rings is 3. The molecule has 0 saturated heterocycles. The molecule has 3 aromatic carbocycles. The molecule has 0 radical (unpaired) electrons. The molecule has 0 N–H and O–H groups in total. The molecule has 0 aliphatic carbocycles. The van der Waals surface area contributed by atoms with Gasteiger partial charge in [-0.2, -0.15) is 0 Å². The molecule has 1 aromatic heterocycles. The van der Waals surface area contributed by atoms with Crippen LogP contribution in [0.4, 0.5) is 0 Å². The molecular weight excluding hydrogens is 345 g/mol. The SMILES string of the molecule is Clc1ccc(/C=C/c2nc3c(ccc4ccccc43)s2)cc1Cl. The van der Waals surface area contributed by atoms with E-state index in [1.54, 1.807) is 17.4 Å². The lowest BCUT2D eigenvalue weighted by Crippen LogP contribution is -1.76. The molecule has 23 heavy (non-hydrogen) atoms. The Morgan fingerprint density at radius 2 is 1.74 bits per heavy atom. The molecule has 0 unspecified atom stereocenters. The number of fused-ring (bicyclic) bond motifs is 3. The Labute approximate surface area is 147 Å². The molecule has 4 rings (SSSR count). The Balaban J connectivity index is 1.75. The molecule has 0 atom stereocenters. The number of halogens is 2. The van der Waals surface area contributed by atoms with Crippen LogP contribution in [0.5, 0.6) is 0 Å². The molecule has 4 heteroatoms. The van der Waals surface area contributed by atoms with Crippen molar-refractivity contribution in [2.45, 2.75) is 0 Å². The summed E-state index contributed by atoms with van der Waals surface area (Å²) in [6.07, 6.45) is 4.01. The highest BCUT2D eigenvalue weighted by Gasteiger charge is 2.05. The minimum absolute atomic E-state index is 0.559. The first-order chi connectivity index (χ1) is 11.2. The molecule has 1 heterocycles. The van der Waals surface area contributed by atoms with Crippen molar-refractivity contribution in [3.63, 3.8) is 0 Å². The van der Waals surface area contributed by atoms with E-state index in [4.69, 9.17) is 28.2 Å². The Hall–Kier alpha value is -1.87. The number of aromatic nitrogens is 1. The van der Waals surface area contributed by atoms with Crippen molar-refractivity contribution in [1.29, 1.82) is 0 Å². The summed E-state index contributed by atoms with van der Waals surface area (Å²) < 4.78 is 1.19. The van der Waals surface area contributed by atoms with Crippen molar-refractivity contribution in [3.05, 3.63) is 75.2 Å². The lowest BCUT2D eigenvalue weighted by atomic mass is 10.1. The van der Waals surface area contributed by atoms with Gasteiger partial charge >= 0.3 is 0 Å². The maximum atomic E-state index is 6.05. The van der Waals surface area contributed by atoms with E-state index in [1.165, 1.54) is 15.5 Å². The molecule has 4 aromatic rings. The average Bonchev–Trinajstić information content (AvgIpc) is 2.99. The third kappa shape index (κ3) is 2.86. The van der Waals surface area contributed by atoms with Crippen LogP contribution in [0.25, 0.3) is 33.1 Å². The van der Waals surface area contributed by atoms with E-state index < -0.39 is 0 Å². The first-order valence-electron chi connectivity index (χ1n) is 7.12. The van der Waals surface area contributed by atoms with Gasteiger partial charge in [-0.05, 0) is 35.2 Å². The van der Waals surface area contributed by atoms with Crippen LogP contribution in [0.15, 0.2) is 54.6 Å². The van der Waals surface area contributed by atoms with Gasteiger partial charge in [0.1, 0.15) is 5.01 Å². The van der Waals surface area contributed by atoms with E-state index in [2.05, 4.69) is 24.3 Å². The molecule has 0 amide bonds. The summed E-state index contributed by atoms with van der Waals surface area (Å²) in [4.78, 5) is 4.77. The van der Waals surface area contributed by atoms with Crippen LogP contribution in [0.1, 0.15) is 10.6 Å². The molecule has 0 aliphatic rings. The van der Waals surface area contributed by atoms with Crippen molar-refractivity contribution in [2.24, 2.45) is 0 Å². The lowest BCUT2D eigenvalue weighted by molar-refractivity contribution is 1.48. The second-order valence-electron chi connectivity index (χ2n) is 5.19. The largest absolute Gasteiger partial charge is 0.236 e. The highest BCUT2D eigenvalue weighted by atomic mass is 35.5. The second-order valence-corrected chi connectivity index (χ2v) is 7.07. The number of nitrogens with zero attached hydrogens (tertiary/aromatic N) is 1. The van der Waals surface area contributed by atoms with E-state index in [1.807, 2.05) is 36.4 Å². The standard InChI is InChI=1S/C19H11Cl2NS/c20-15-8-5-12(11-16(15)21)6-10-18-22-19-14-4-2-1-3-13(14)7-9-17(19)23-18/h1-11H/b10-6+. The van der Waals surface area contributed by atoms with Crippen LogP contribution < -0.4 is 0 Å². The Morgan fingerprint density at radius 1 is 0.870 bits per heavy atom. The van der Waals surface area contributed by atoms with E-state index in [-0.39, 0.29) is 0 Å². The van der Waals surface area contributed by atoms with Gasteiger partial charge in [0.2, 0.25) is 0 Å². The molecule has 0 spiro atoms. The van der Waals surface area contributed by atoms with E-state index in [9.17, 15) is 0 Å². The van der Waals surface area contributed by atoms with Crippen molar-refractivity contribution < 1.29 is 0 Å². The van der Waals surface area contributed by atoms with Gasteiger partial charge < -0.3 is 0 Å². The highest BCUT2D eigenvalue weighted by molar-refractivity contribution is 7.19. The predicted molar refractivity (Wildman–Crippen MR) is 103 cm³/mol. The van der Waals surface area contributed by atoms with Gasteiger partial charge in [0.15, 0.2) is 0 Å². The second kappa shape index (κ2) is 5.97. The monoisotopic (exact) mass is 355 g/mol. The molecule has 0 fully saturated rings. The van der Waals surface area contributed by atoms with Gasteiger partial charge in [-0.3, -0.25) is 0 Å². The molecule has 0 aliphatic heterocycles. The van der Waals surface area contributed by atoms with E-state index in [0.717, 1.165) is 16.1 Å². The predicted octanol–water partition coefficient (Wildman–Crippen LogP) is 6.93. The minimum atomic E-state index is 0.559. The fourth-order valence-corrected chi connectivity index (χ4v) is 3.73. The topological polar surface area (TPSA) is 12.9 Å². The van der Waals surface area contributed by atoms with Crippen molar-refractivity contribution in [3.8, 4) is 0 Å². The van der Waals surface area contributed by atoms with Gasteiger partial charge in [0.25, 0.3) is 0 Å². The third-order valence-corrected chi connectivity index (χ3v) is 5.39. The van der Waals surface area contributed by atoms with Crippen molar-refractivity contribution in [1.82, 2.24) is 4.98 Å². The van der Waals surface area contributed by atoms with Crippen molar-refractivity contribution >= 4 is 67.7 Å². The lowest BCUT2D eigenvalue weighted by Gasteiger charge is -1.97. The maximum Gasteiger partial charge on any atom is 0.117 e. The van der Waals surface area contributed by atoms with Crippen LogP contribution in [0, 0.1) is 0 Å². The normalized spacial score (nSPS) is 11.7. The highest BCUT2D eigenvalue weighted by Crippen LogP contribution is 2.30. The fourth-order valence-electron chi connectivity index (χ4n) is 2.53. The molecule has 1 nitrogen and oxygen atoms in total. The number of hydrogen-bond acceptors (Lipinski definition) is 2. The van der Waals surface area contributed by atoms with Crippen LogP contribution in [0.3, 0.4) is 0 Å². The van der Waals surface area contributed by atoms with Gasteiger partial charge in [0.05, 0.1) is 20.3 Å². The summed E-state index contributed by atoms with van der Waals surface area (Å²) in [7, 11) is 0. The zero-order chi connectivity index (χ0) is 15.8. The van der Waals surface area contributed by atoms with Gasteiger partial charge in [-0.1, -0.05) is 65.7 Å². The van der Waals surface area contributed by atoms with E-state index in [0.29, 0.717) is 10.0 Å². The first kappa shape index (κ1) is 14.7. The Kier molecular flexibility index (Phi) is 3.82. The van der Waals surface area contributed by atoms with E-state index >= 15 is 0 Å². The smallest absolute Gasteiger partial charge is 0.117 e. The summed E-state index contributed by atoms with van der Waals surface area (Å²) in [5.74, 6) is 0. The number of rotatable bonds is 2. The van der Waals surface area contributed by atoms with Crippen LogP contribution >= 0.6 is 34.5 Å². The first-order valence-corrected chi connectivity index (χ1v) is 8.69. The fraction of sp³-hybridized carbons (Fsp3) is 0. The third-order valence-electron chi connectivity index (χ3n) is 3.66. The van der Waals surface area contributed by atoms with Gasteiger partial charge in [-0.15, -0.1) is 11.3 Å². The quantitative estimate of drug-likeness (QED) is 0.380. The Bertz CT molecular complexity index is 1050. The molecule has 0 bridgehead atoms. The molecular formula is C19H11Cl2NS. The molecule has 112 valence electrons. The van der Waals surface area contributed by atoms with Crippen LogP contribution in [-0.2, 0) is 0 Å². The average molecular weight is 356 g/mol. The summed E-state index contributed by atoms with van der Waals surface area (Å²) in [6, 6.07) is 18.2. The summed E-state index contributed by atoms with van der Waals surface area (Å²) in [6.45, 7) is 0. The number of hydrogen-bond donors (Lipinski definition) is 0. The zero-order valence-electron chi connectivity index (χ0n) is 12.0. The van der Waals surface area contributed by atoms with Crippen LogP contribution in [-0.4, -0.2) is 4.98 Å². The van der Waals surface area contributed by atoms with Gasteiger partial charge in [0, 0.05) is 5.39 Å². The number of thiazole rings is 1. The Morgan fingerprint density at radius 3 is 2.61 bits per heavy atom.